The molecule has 0 bridgehead atoms. The predicted octanol–water partition coefficient (Wildman–Crippen LogP) is 6.63. The Kier molecular flexibility index (Phi) is 5.36. The molecule has 2 nitrogen and oxygen atoms in total. The molecule has 1 aliphatic rings. The van der Waals surface area contributed by atoms with Crippen molar-refractivity contribution in [1.82, 2.24) is 0 Å². The molecule has 0 aromatic heterocycles. The molecule has 3 aromatic carbocycles. The molecular formula is C25H27ClNOP. The quantitative estimate of drug-likeness (QED) is 0.479. The SMILES string of the molecule is CC(C)(C)C1CC(P(=O)(c2ccccc2)c2ccccc2)Nc2ccc(Cl)cc21. The van der Waals surface area contributed by atoms with Gasteiger partial charge in [0.15, 0.2) is 7.14 Å². The van der Waals surface area contributed by atoms with Crippen LogP contribution in [0.15, 0.2) is 78.9 Å². The molecule has 0 radical (unpaired) electrons. The smallest absolute Gasteiger partial charge is 0.164 e. The van der Waals surface area contributed by atoms with Crippen LogP contribution in [0.3, 0.4) is 0 Å². The van der Waals surface area contributed by atoms with E-state index in [9.17, 15) is 4.57 Å². The van der Waals surface area contributed by atoms with Gasteiger partial charge in [-0.1, -0.05) is 93.0 Å². The number of hydrogen-bond donors (Lipinski definition) is 1. The van der Waals surface area contributed by atoms with E-state index in [0.29, 0.717) is 0 Å². The lowest BCUT2D eigenvalue weighted by atomic mass is 9.73. The second-order valence-corrected chi connectivity index (χ2v) is 12.3. The third kappa shape index (κ3) is 3.77. The monoisotopic (exact) mass is 423 g/mol. The maximum atomic E-state index is 14.8. The molecule has 0 saturated carbocycles. The van der Waals surface area contributed by atoms with E-state index in [2.05, 4.69) is 32.2 Å². The summed E-state index contributed by atoms with van der Waals surface area (Å²) in [5.74, 6) is 0.0772. The molecular weight excluding hydrogens is 397 g/mol. The summed E-state index contributed by atoms with van der Waals surface area (Å²) < 4.78 is 14.8. The molecule has 150 valence electrons. The Morgan fingerprint density at radius 2 is 1.45 bits per heavy atom. The van der Waals surface area contributed by atoms with Gasteiger partial charge in [-0.05, 0) is 41.5 Å². The van der Waals surface area contributed by atoms with Gasteiger partial charge in [0, 0.05) is 21.3 Å². The van der Waals surface area contributed by atoms with E-state index in [0.717, 1.165) is 27.7 Å². The number of benzene rings is 3. The third-order valence-electron chi connectivity index (χ3n) is 5.93. The standard InChI is InChI=1S/C25H27ClNOP/c1-25(2,3)22-17-24(27-23-15-14-18(26)16-21(22)23)29(28,19-10-6-4-7-11-19)20-12-8-5-9-13-20/h4-16,22,24,27H,17H2,1-3H3. The maximum Gasteiger partial charge on any atom is 0.164 e. The van der Waals surface area contributed by atoms with E-state index < -0.39 is 7.14 Å². The molecule has 2 atom stereocenters. The van der Waals surface area contributed by atoms with E-state index in [-0.39, 0.29) is 17.1 Å². The molecule has 0 amide bonds. The minimum absolute atomic E-state index is 0.0258. The van der Waals surface area contributed by atoms with E-state index in [1.165, 1.54) is 5.56 Å². The first-order valence-electron chi connectivity index (χ1n) is 10.1. The second kappa shape index (κ2) is 7.67. The van der Waals surface area contributed by atoms with Gasteiger partial charge in [0.1, 0.15) is 0 Å². The highest BCUT2D eigenvalue weighted by molar-refractivity contribution is 7.79. The van der Waals surface area contributed by atoms with Crippen molar-refractivity contribution in [2.75, 3.05) is 5.32 Å². The number of hydrogen-bond acceptors (Lipinski definition) is 2. The highest BCUT2D eigenvalue weighted by Crippen LogP contribution is 2.57. The Labute approximate surface area is 178 Å². The fourth-order valence-corrected chi connectivity index (χ4v) is 7.67. The first-order chi connectivity index (χ1) is 13.8. The topological polar surface area (TPSA) is 29.1 Å². The van der Waals surface area contributed by atoms with Gasteiger partial charge < -0.3 is 9.88 Å². The highest BCUT2D eigenvalue weighted by atomic mass is 35.5. The number of halogens is 1. The zero-order valence-electron chi connectivity index (χ0n) is 17.1. The molecule has 2 unspecified atom stereocenters. The Morgan fingerprint density at radius 1 is 0.897 bits per heavy atom. The largest absolute Gasteiger partial charge is 0.375 e. The van der Waals surface area contributed by atoms with E-state index in [1.807, 2.05) is 72.8 Å². The van der Waals surface area contributed by atoms with Gasteiger partial charge in [0.25, 0.3) is 0 Å². The summed E-state index contributed by atoms with van der Waals surface area (Å²) in [6.45, 7) is 6.75. The number of anilines is 1. The lowest BCUT2D eigenvalue weighted by Gasteiger charge is -2.43. The van der Waals surface area contributed by atoms with Gasteiger partial charge in [-0.25, -0.2) is 0 Å². The van der Waals surface area contributed by atoms with Crippen molar-refractivity contribution in [2.24, 2.45) is 5.41 Å². The van der Waals surface area contributed by atoms with Crippen molar-refractivity contribution in [1.29, 1.82) is 0 Å². The van der Waals surface area contributed by atoms with Crippen LogP contribution >= 0.6 is 18.7 Å². The molecule has 1 heterocycles. The average molecular weight is 424 g/mol. The van der Waals surface area contributed by atoms with Gasteiger partial charge in [0.05, 0.1) is 5.78 Å². The summed E-state index contributed by atoms with van der Waals surface area (Å²) in [5.41, 5.74) is 2.28. The van der Waals surface area contributed by atoms with Crippen LogP contribution in [0.25, 0.3) is 0 Å². The Morgan fingerprint density at radius 3 is 1.97 bits per heavy atom. The van der Waals surface area contributed by atoms with Crippen molar-refractivity contribution in [3.8, 4) is 0 Å². The fraction of sp³-hybridized carbons (Fsp3) is 0.280. The van der Waals surface area contributed by atoms with Crippen LogP contribution in [-0.4, -0.2) is 5.78 Å². The zero-order valence-corrected chi connectivity index (χ0v) is 18.8. The molecule has 1 N–H and O–H groups in total. The summed E-state index contributed by atoms with van der Waals surface area (Å²) in [6, 6.07) is 25.8. The number of rotatable bonds is 3. The molecule has 0 fully saturated rings. The van der Waals surface area contributed by atoms with Crippen LogP contribution in [0.2, 0.25) is 5.02 Å². The van der Waals surface area contributed by atoms with E-state index in [1.54, 1.807) is 0 Å². The predicted molar refractivity (Wildman–Crippen MR) is 125 cm³/mol. The molecule has 4 rings (SSSR count). The van der Waals surface area contributed by atoms with Gasteiger partial charge >= 0.3 is 0 Å². The van der Waals surface area contributed by atoms with E-state index >= 15 is 0 Å². The molecule has 3 aromatic rings. The van der Waals surface area contributed by atoms with Gasteiger partial charge in [-0.2, -0.15) is 0 Å². The van der Waals surface area contributed by atoms with Crippen LogP contribution < -0.4 is 15.9 Å². The van der Waals surface area contributed by atoms with Crippen molar-refractivity contribution in [3.05, 3.63) is 89.4 Å². The number of nitrogens with one attached hydrogen (secondary N) is 1. The molecule has 0 aliphatic carbocycles. The van der Waals surface area contributed by atoms with Gasteiger partial charge in [0.2, 0.25) is 0 Å². The van der Waals surface area contributed by atoms with Crippen LogP contribution in [0.5, 0.6) is 0 Å². The Balaban J connectivity index is 1.88. The van der Waals surface area contributed by atoms with E-state index in [4.69, 9.17) is 11.6 Å². The Bertz CT molecular complexity index is 1000. The maximum absolute atomic E-state index is 14.8. The lowest BCUT2D eigenvalue weighted by Crippen LogP contribution is -2.38. The first-order valence-corrected chi connectivity index (χ1v) is 12.2. The van der Waals surface area contributed by atoms with Crippen molar-refractivity contribution in [3.63, 3.8) is 0 Å². The second-order valence-electron chi connectivity index (χ2n) is 8.88. The zero-order chi connectivity index (χ0) is 20.6. The average Bonchev–Trinajstić information content (AvgIpc) is 2.73. The Hall–Kier alpha value is -2.02. The summed E-state index contributed by atoms with van der Waals surface area (Å²) in [4.78, 5) is 0. The molecule has 0 saturated heterocycles. The van der Waals surface area contributed by atoms with Crippen LogP contribution in [0.4, 0.5) is 5.69 Å². The van der Waals surface area contributed by atoms with Crippen LogP contribution in [0, 0.1) is 5.41 Å². The summed E-state index contributed by atoms with van der Waals surface area (Å²) in [7, 11) is -2.92. The van der Waals surface area contributed by atoms with Gasteiger partial charge in [-0.15, -0.1) is 0 Å². The van der Waals surface area contributed by atoms with Crippen molar-refractivity contribution in [2.45, 2.75) is 38.9 Å². The summed E-state index contributed by atoms with van der Waals surface area (Å²) in [5, 5.41) is 6.18. The molecule has 4 heteroatoms. The lowest BCUT2D eigenvalue weighted by molar-refractivity contribution is 0.300. The van der Waals surface area contributed by atoms with Gasteiger partial charge in [-0.3, -0.25) is 0 Å². The van der Waals surface area contributed by atoms with Crippen molar-refractivity contribution < 1.29 is 4.57 Å². The highest BCUT2D eigenvalue weighted by Gasteiger charge is 2.44. The molecule has 0 spiro atoms. The van der Waals surface area contributed by atoms with Crippen molar-refractivity contribution >= 4 is 35.0 Å². The van der Waals surface area contributed by atoms with Crippen LogP contribution in [0.1, 0.15) is 38.7 Å². The van der Waals surface area contributed by atoms with Crippen LogP contribution in [-0.2, 0) is 4.57 Å². The summed E-state index contributed by atoms with van der Waals surface area (Å²) >= 11 is 6.33. The normalized spacial score (nSPS) is 19.3. The fourth-order valence-electron chi connectivity index (χ4n) is 4.41. The molecule has 29 heavy (non-hydrogen) atoms. The minimum Gasteiger partial charge on any atom is -0.375 e. The first kappa shape index (κ1) is 20.3. The summed E-state index contributed by atoms with van der Waals surface area (Å²) in [6.07, 6.45) is 0.790. The number of fused-ring (bicyclic) bond motifs is 1. The third-order valence-corrected chi connectivity index (χ3v) is 9.52. The molecule has 1 aliphatic heterocycles. The minimum atomic E-state index is -2.92.